The number of sulfonamides is 1. The Labute approximate surface area is 185 Å². The van der Waals surface area contributed by atoms with Gasteiger partial charge in [-0.1, -0.05) is 19.9 Å². The van der Waals surface area contributed by atoms with E-state index in [4.69, 9.17) is 4.42 Å². The van der Waals surface area contributed by atoms with Crippen LogP contribution in [0, 0.1) is 0 Å². The fourth-order valence-electron chi connectivity index (χ4n) is 4.57. The van der Waals surface area contributed by atoms with E-state index < -0.39 is 10.0 Å². The van der Waals surface area contributed by atoms with Crippen LogP contribution in [0.3, 0.4) is 0 Å². The summed E-state index contributed by atoms with van der Waals surface area (Å²) in [5, 5.41) is 1.22. The lowest BCUT2D eigenvalue weighted by molar-refractivity contribution is 0.269. The third-order valence-electron chi connectivity index (χ3n) is 6.63. The van der Waals surface area contributed by atoms with Crippen molar-refractivity contribution >= 4 is 20.9 Å². The highest BCUT2D eigenvalue weighted by Gasteiger charge is 2.28. The van der Waals surface area contributed by atoms with Crippen LogP contribution in [0.1, 0.15) is 50.9 Å². The van der Waals surface area contributed by atoms with Crippen LogP contribution >= 0.6 is 0 Å². The molecule has 1 saturated heterocycles. The number of nitrogens with zero attached hydrogens (tertiary/aromatic N) is 2. The molecule has 1 fully saturated rings. The summed E-state index contributed by atoms with van der Waals surface area (Å²) in [4.78, 5) is 5.74. The monoisotopic (exact) mass is 443 g/mol. The van der Waals surface area contributed by atoms with Crippen LogP contribution in [0.2, 0.25) is 0 Å². The lowest BCUT2D eigenvalue weighted by Crippen LogP contribution is -2.38. The molecule has 3 aromatic rings. The first-order valence-corrected chi connectivity index (χ1v) is 12.9. The molecule has 2 aromatic heterocycles. The maximum Gasteiger partial charge on any atom is 0.213 e. The molecule has 1 aromatic carbocycles. The van der Waals surface area contributed by atoms with Gasteiger partial charge in [-0.2, -0.15) is 0 Å². The zero-order valence-electron chi connectivity index (χ0n) is 18.7. The third-order valence-corrected chi connectivity index (χ3v) is 8.51. The van der Waals surface area contributed by atoms with Crippen molar-refractivity contribution in [2.75, 3.05) is 31.9 Å². The van der Waals surface area contributed by atoms with Gasteiger partial charge in [-0.15, -0.1) is 0 Å². The van der Waals surface area contributed by atoms with Crippen molar-refractivity contribution in [2.45, 2.75) is 46.1 Å². The molecule has 1 N–H and O–H groups in total. The molecule has 0 unspecified atom stereocenters. The van der Waals surface area contributed by atoms with Crippen molar-refractivity contribution in [3.63, 3.8) is 0 Å². The summed E-state index contributed by atoms with van der Waals surface area (Å²) in [5.74, 6) is 1.53. The molecular weight excluding hydrogens is 410 g/mol. The highest BCUT2D eigenvalue weighted by Crippen LogP contribution is 2.36. The van der Waals surface area contributed by atoms with Gasteiger partial charge in [0, 0.05) is 35.8 Å². The average molecular weight is 444 g/mol. The number of piperidine rings is 1. The fraction of sp³-hybridized carbons (Fsp3) is 0.500. The molecular formula is C24H33N3O3S. The SMILES string of the molecule is CCN(CC)Cc1cc(-c2ccc3[nH]cc(C4CCN(S(=O)(=O)CC)CC4)c3c2)co1. The summed E-state index contributed by atoms with van der Waals surface area (Å²) in [6.07, 6.45) is 5.66. The molecule has 168 valence electrons. The van der Waals surface area contributed by atoms with Crippen molar-refractivity contribution in [3.8, 4) is 11.1 Å². The van der Waals surface area contributed by atoms with E-state index in [0.717, 1.165) is 54.9 Å². The third kappa shape index (κ3) is 4.59. The first kappa shape index (κ1) is 22.1. The molecule has 4 rings (SSSR count). The summed E-state index contributed by atoms with van der Waals surface area (Å²) in [6.45, 7) is 10.1. The van der Waals surface area contributed by atoms with E-state index in [1.807, 2.05) is 6.26 Å². The average Bonchev–Trinajstić information content (AvgIpc) is 3.44. The van der Waals surface area contributed by atoms with Crippen molar-refractivity contribution in [1.29, 1.82) is 0 Å². The molecule has 0 bridgehead atoms. The number of rotatable bonds is 8. The Balaban J connectivity index is 1.54. The van der Waals surface area contributed by atoms with Crippen LogP contribution in [-0.4, -0.2) is 54.5 Å². The Kier molecular flexibility index (Phi) is 6.55. The van der Waals surface area contributed by atoms with Gasteiger partial charge in [0.05, 0.1) is 18.6 Å². The molecule has 7 heteroatoms. The lowest BCUT2D eigenvalue weighted by Gasteiger charge is -2.30. The zero-order valence-corrected chi connectivity index (χ0v) is 19.5. The summed E-state index contributed by atoms with van der Waals surface area (Å²) in [6, 6.07) is 8.63. The lowest BCUT2D eigenvalue weighted by atomic mass is 9.89. The molecule has 3 heterocycles. The number of fused-ring (bicyclic) bond motifs is 1. The second-order valence-corrected chi connectivity index (χ2v) is 10.6. The van der Waals surface area contributed by atoms with E-state index in [9.17, 15) is 8.42 Å². The highest BCUT2D eigenvalue weighted by atomic mass is 32.2. The molecule has 6 nitrogen and oxygen atoms in total. The largest absolute Gasteiger partial charge is 0.467 e. The molecule has 1 aliphatic rings. The predicted molar refractivity (Wildman–Crippen MR) is 126 cm³/mol. The molecule has 0 atom stereocenters. The van der Waals surface area contributed by atoms with Crippen LogP contribution in [0.15, 0.2) is 41.1 Å². The van der Waals surface area contributed by atoms with E-state index in [0.29, 0.717) is 19.0 Å². The van der Waals surface area contributed by atoms with Crippen molar-refractivity contribution in [1.82, 2.24) is 14.2 Å². The van der Waals surface area contributed by atoms with Crippen LogP contribution < -0.4 is 0 Å². The minimum absolute atomic E-state index is 0.176. The second kappa shape index (κ2) is 9.18. The maximum atomic E-state index is 12.2. The minimum atomic E-state index is -3.10. The Morgan fingerprint density at radius 2 is 1.84 bits per heavy atom. The topological polar surface area (TPSA) is 69.6 Å². The Bertz CT molecular complexity index is 1120. The molecule has 0 amide bonds. The highest BCUT2D eigenvalue weighted by molar-refractivity contribution is 7.89. The zero-order chi connectivity index (χ0) is 22.0. The van der Waals surface area contributed by atoms with E-state index in [1.54, 1.807) is 11.2 Å². The number of furan rings is 1. The number of benzene rings is 1. The first-order valence-electron chi connectivity index (χ1n) is 11.3. The van der Waals surface area contributed by atoms with E-state index >= 15 is 0 Å². The Hall–Kier alpha value is -2.09. The smallest absolute Gasteiger partial charge is 0.213 e. The van der Waals surface area contributed by atoms with Crippen LogP contribution in [-0.2, 0) is 16.6 Å². The number of nitrogens with one attached hydrogen (secondary N) is 1. The van der Waals surface area contributed by atoms with Gasteiger partial charge in [0.1, 0.15) is 5.76 Å². The van der Waals surface area contributed by atoms with Crippen LogP contribution in [0.25, 0.3) is 22.0 Å². The summed E-state index contributed by atoms with van der Waals surface area (Å²) in [7, 11) is -3.10. The molecule has 31 heavy (non-hydrogen) atoms. The molecule has 0 spiro atoms. The van der Waals surface area contributed by atoms with Crippen LogP contribution in [0.5, 0.6) is 0 Å². The number of hydrogen-bond donors (Lipinski definition) is 1. The van der Waals surface area contributed by atoms with Crippen molar-refractivity contribution in [2.24, 2.45) is 0 Å². The van der Waals surface area contributed by atoms with Crippen LogP contribution in [0.4, 0.5) is 0 Å². The number of hydrogen-bond acceptors (Lipinski definition) is 4. The quantitative estimate of drug-likeness (QED) is 0.543. The minimum Gasteiger partial charge on any atom is -0.467 e. The molecule has 0 aliphatic carbocycles. The van der Waals surface area contributed by atoms with Crippen molar-refractivity contribution in [3.05, 3.63) is 48.0 Å². The van der Waals surface area contributed by atoms with Gasteiger partial charge in [-0.3, -0.25) is 4.90 Å². The fourth-order valence-corrected chi connectivity index (χ4v) is 5.70. The second-order valence-electron chi connectivity index (χ2n) is 8.34. The van der Waals surface area contributed by atoms with Gasteiger partial charge in [0.15, 0.2) is 0 Å². The summed E-state index contributed by atoms with van der Waals surface area (Å²) < 4.78 is 31.8. The Morgan fingerprint density at radius 1 is 1.10 bits per heavy atom. The first-order chi connectivity index (χ1) is 14.9. The number of aromatic amines is 1. The predicted octanol–water partition coefficient (Wildman–Crippen LogP) is 4.80. The Morgan fingerprint density at radius 3 is 2.52 bits per heavy atom. The number of aromatic nitrogens is 1. The maximum absolute atomic E-state index is 12.2. The van der Waals surface area contributed by atoms with Gasteiger partial charge in [-0.05, 0) is 68.1 Å². The van der Waals surface area contributed by atoms with E-state index in [-0.39, 0.29) is 5.75 Å². The van der Waals surface area contributed by atoms with E-state index in [1.165, 1.54) is 10.9 Å². The summed E-state index contributed by atoms with van der Waals surface area (Å²) in [5.41, 5.74) is 4.65. The van der Waals surface area contributed by atoms with E-state index in [2.05, 4.69) is 54.2 Å². The van der Waals surface area contributed by atoms with Gasteiger partial charge in [0.25, 0.3) is 0 Å². The molecule has 0 saturated carbocycles. The van der Waals surface area contributed by atoms with Gasteiger partial charge < -0.3 is 9.40 Å². The normalized spacial score (nSPS) is 16.5. The molecule has 0 radical (unpaired) electrons. The van der Waals surface area contributed by atoms with Gasteiger partial charge in [-0.25, -0.2) is 12.7 Å². The van der Waals surface area contributed by atoms with Gasteiger partial charge in [0.2, 0.25) is 10.0 Å². The van der Waals surface area contributed by atoms with Gasteiger partial charge >= 0.3 is 0 Å². The summed E-state index contributed by atoms with van der Waals surface area (Å²) >= 11 is 0. The molecule has 1 aliphatic heterocycles. The standard InChI is InChI=1S/C24H33N3O3S/c1-4-26(5-2)16-21-13-20(17-30-21)19-7-8-24-22(14-19)23(15-25-24)18-9-11-27(12-10-18)31(28,29)6-3/h7-8,13-15,17-18,25H,4-6,9-12,16H2,1-3H3. The van der Waals surface area contributed by atoms with Crippen molar-refractivity contribution < 1.29 is 12.8 Å². The number of H-pyrrole nitrogens is 1.